The first-order valence-corrected chi connectivity index (χ1v) is 10.5. The van der Waals surface area contributed by atoms with Crippen molar-refractivity contribution in [3.8, 4) is 5.75 Å². The highest BCUT2D eigenvalue weighted by Gasteiger charge is 2.30. The average Bonchev–Trinajstić information content (AvgIpc) is 3.02. The van der Waals surface area contributed by atoms with E-state index in [2.05, 4.69) is 5.10 Å². The number of nitrogens with zero attached hydrogens (tertiary/aromatic N) is 2. The number of aryl methyl sites for hydroxylation is 1. The Labute approximate surface area is 186 Å². The number of carbonyl (C=O) groups is 2. The summed E-state index contributed by atoms with van der Waals surface area (Å²) in [5, 5.41) is 14.2. The minimum Gasteiger partial charge on any atom is -0.479 e. The second-order valence-electron chi connectivity index (χ2n) is 7.59. The maximum Gasteiger partial charge on any atom is 0.344 e. The van der Waals surface area contributed by atoms with E-state index in [0.29, 0.717) is 30.6 Å². The predicted molar refractivity (Wildman–Crippen MR) is 120 cm³/mol. The van der Waals surface area contributed by atoms with Crippen molar-refractivity contribution in [3.63, 3.8) is 0 Å². The molecular formula is C24H26N3O5. The summed E-state index contributed by atoms with van der Waals surface area (Å²) in [7, 11) is 0. The summed E-state index contributed by atoms with van der Waals surface area (Å²) in [6.07, 6.45) is 1.87. The number of nitrogen functional groups attached to an aromatic ring is 1. The quantitative estimate of drug-likeness (QED) is 0.369. The number of ether oxygens (including phenoxy) is 1. The van der Waals surface area contributed by atoms with E-state index in [1.165, 1.54) is 6.29 Å². The van der Waals surface area contributed by atoms with E-state index in [-0.39, 0.29) is 23.3 Å². The molecule has 1 unspecified atom stereocenters. The molecule has 0 spiro atoms. The molecule has 0 amide bonds. The summed E-state index contributed by atoms with van der Waals surface area (Å²) in [6, 6.07) is 9.76. The molecule has 0 aliphatic rings. The second-order valence-corrected chi connectivity index (χ2v) is 7.59. The normalized spacial score (nSPS) is 12.0. The number of ketones is 1. The first kappa shape index (κ1) is 23.0. The van der Waals surface area contributed by atoms with Gasteiger partial charge in [0.05, 0.1) is 22.6 Å². The third-order valence-electron chi connectivity index (χ3n) is 5.44. The molecule has 0 aliphatic heterocycles. The summed E-state index contributed by atoms with van der Waals surface area (Å²) >= 11 is 0. The number of carboxylic acids is 1. The summed E-state index contributed by atoms with van der Waals surface area (Å²) in [6.45, 7) is 5.41. The van der Waals surface area contributed by atoms with Gasteiger partial charge in [-0.05, 0) is 30.9 Å². The van der Waals surface area contributed by atoms with Crippen molar-refractivity contribution in [3.05, 3.63) is 58.4 Å². The molecule has 32 heavy (non-hydrogen) atoms. The number of aliphatic carboxylic acids is 1. The summed E-state index contributed by atoms with van der Waals surface area (Å²) in [5.74, 6) is -2.16. The highest BCUT2D eigenvalue weighted by Crippen LogP contribution is 2.38. The molecule has 8 heteroatoms. The lowest BCUT2D eigenvalue weighted by Gasteiger charge is -2.19. The Morgan fingerprint density at radius 1 is 1.25 bits per heavy atom. The fourth-order valence-corrected chi connectivity index (χ4v) is 3.75. The fourth-order valence-electron chi connectivity index (χ4n) is 3.75. The van der Waals surface area contributed by atoms with Crippen molar-refractivity contribution in [1.29, 1.82) is 0 Å². The Balaban J connectivity index is 2.37. The van der Waals surface area contributed by atoms with Crippen LogP contribution in [-0.4, -0.2) is 38.9 Å². The molecule has 0 saturated heterocycles. The van der Waals surface area contributed by atoms with Gasteiger partial charge in [-0.2, -0.15) is 5.10 Å². The lowest BCUT2D eigenvalue weighted by molar-refractivity contribution is -0.145. The number of hydrogen-bond acceptors (Lipinski definition) is 6. The zero-order chi connectivity index (χ0) is 23.4. The van der Waals surface area contributed by atoms with Crippen LogP contribution in [0.2, 0.25) is 0 Å². The molecule has 3 N–H and O–H groups in total. The Hall–Kier alpha value is -3.68. The number of carbonyl (C=O) groups excluding carboxylic acids is 2. The Morgan fingerprint density at radius 2 is 1.94 bits per heavy atom. The van der Waals surface area contributed by atoms with E-state index in [1.54, 1.807) is 11.4 Å². The van der Waals surface area contributed by atoms with E-state index in [4.69, 9.17) is 10.5 Å². The van der Waals surface area contributed by atoms with Gasteiger partial charge < -0.3 is 15.6 Å². The summed E-state index contributed by atoms with van der Waals surface area (Å²) in [4.78, 5) is 35.6. The van der Waals surface area contributed by atoms with Crippen LogP contribution in [0.15, 0.2) is 30.3 Å². The van der Waals surface area contributed by atoms with E-state index >= 15 is 0 Å². The van der Waals surface area contributed by atoms with Crippen LogP contribution in [0.25, 0.3) is 5.52 Å². The van der Waals surface area contributed by atoms with Crippen LogP contribution in [0.3, 0.4) is 0 Å². The van der Waals surface area contributed by atoms with Gasteiger partial charge in [-0.3, -0.25) is 9.59 Å². The molecule has 1 aromatic carbocycles. The SMILES string of the molecule is CCCc1nn2c(Cc3ccccc3)c(C)c(N)c2c(OC(CC)C(=O)O)c1C(=O)[C]=O. The van der Waals surface area contributed by atoms with Crippen molar-refractivity contribution < 1.29 is 24.2 Å². The Kier molecular flexibility index (Phi) is 6.92. The molecule has 1 radical (unpaired) electrons. The van der Waals surface area contributed by atoms with Crippen LogP contribution >= 0.6 is 0 Å². The third kappa shape index (κ3) is 4.21. The number of benzene rings is 1. The molecule has 1 atom stereocenters. The van der Waals surface area contributed by atoms with Crippen molar-refractivity contribution >= 4 is 29.2 Å². The van der Waals surface area contributed by atoms with Crippen LogP contribution in [0, 0.1) is 6.92 Å². The standard InChI is InChI=1S/C24H26N3O5/c1-4-9-16-20(18(29)13-28)23(32-19(5-2)24(30)31)22-21(25)14(3)17(27(22)26-16)12-15-10-7-6-8-11-15/h6-8,10-11,19H,4-5,9,12,25H2,1-3H3,(H,30,31). The van der Waals surface area contributed by atoms with Crippen LogP contribution in [-0.2, 0) is 22.4 Å². The van der Waals surface area contributed by atoms with Gasteiger partial charge >= 0.3 is 5.97 Å². The van der Waals surface area contributed by atoms with Crippen molar-refractivity contribution in [1.82, 2.24) is 9.61 Å². The van der Waals surface area contributed by atoms with Gasteiger partial charge in [-0.1, -0.05) is 50.6 Å². The molecule has 0 bridgehead atoms. The topological polar surface area (TPSA) is 124 Å². The summed E-state index contributed by atoms with van der Waals surface area (Å²) < 4.78 is 7.46. The number of aromatic nitrogens is 2. The molecule has 2 heterocycles. The Morgan fingerprint density at radius 3 is 2.50 bits per heavy atom. The molecule has 0 saturated carbocycles. The summed E-state index contributed by atoms with van der Waals surface area (Å²) in [5.41, 5.74) is 9.87. The van der Waals surface area contributed by atoms with E-state index in [0.717, 1.165) is 16.8 Å². The van der Waals surface area contributed by atoms with Gasteiger partial charge in [0, 0.05) is 6.42 Å². The number of hydrogen-bond donors (Lipinski definition) is 2. The zero-order valence-corrected chi connectivity index (χ0v) is 18.3. The molecular weight excluding hydrogens is 410 g/mol. The van der Waals surface area contributed by atoms with Crippen molar-refractivity contribution in [2.45, 2.75) is 52.6 Å². The van der Waals surface area contributed by atoms with E-state index in [1.807, 2.05) is 44.2 Å². The van der Waals surface area contributed by atoms with Crippen LogP contribution in [0.5, 0.6) is 5.75 Å². The number of anilines is 1. The van der Waals surface area contributed by atoms with Crippen molar-refractivity contribution in [2.75, 3.05) is 5.73 Å². The monoisotopic (exact) mass is 436 g/mol. The van der Waals surface area contributed by atoms with Gasteiger partial charge in [0.25, 0.3) is 6.29 Å². The molecule has 8 nitrogen and oxygen atoms in total. The molecule has 3 aromatic rings. The van der Waals surface area contributed by atoms with Gasteiger partial charge in [-0.15, -0.1) is 0 Å². The molecule has 0 fully saturated rings. The largest absolute Gasteiger partial charge is 0.479 e. The number of fused-ring (bicyclic) bond motifs is 1. The smallest absolute Gasteiger partial charge is 0.344 e. The average molecular weight is 436 g/mol. The maximum absolute atomic E-state index is 12.6. The number of carboxylic acid groups (broad SMARTS) is 1. The Bertz CT molecular complexity index is 1170. The minimum atomic E-state index is -1.22. The van der Waals surface area contributed by atoms with Gasteiger partial charge in [0.1, 0.15) is 5.52 Å². The predicted octanol–water partition coefficient (Wildman–Crippen LogP) is 3.30. The molecule has 3 rings (SSSR count). The lowest BCUT2D eigenvalue weighted by atomic mass is 10.0. The van der Waals surface area contributed by atoms with Gasteiger partial charge in [-0.25, -0.2) is 9.31 Å². The highest BCUT2D eigenvalue weighted by molar-refractivity contribution is 6.35. The lowest BCUT2D eigenvalue weighted by Crippen LogP contribution is -2.28. The first-order chi connectivity index (χ1) is 15.3. The second kappa shape index (κ2) is 9.64. The van der Waals surface area contributed by atoms with Gasteiger partial charge in [0.2, 0.25) is 5.78 Å². The molecule has 0 aliphatic carbocycles. The van der Waals surface area contributed by atoms with Crippen LogP contribution in [0.4, 0.5) is 5.69 Å². The highest BCUT2D eigenvalue weighted by atomic mass is 16.5. The van der Waals surface area contributed by atoms with Gasteiger partial charge in [0.15, 0.2) is 11.9 Å². The zero-order valence-electron chi connectivity index (χ0n) is 18.3. The first-order valence-electron chi connectivity index (χ1n) is 10.5. The minimum absolute atomic E-state index is 0.0361. The van der Waals surface area contributed by atoms with Crippen LogP contribution < -0.4 is 10.5 Å². The maximum atomic E-state index is 12.6. The fraction of sp³-hybridized carbons (Fsp3) is 0.333. The number of Topliss-reactive ketones (excluding diaryl/α,β-unsaturated/α-hetero) is 1. The van der Waals surface area contributed by atoms with Crippen molar-refractivity contribution in [2.24, 2.45) is 0 Å². The molecule has 2 aromatic heterocycles. The number of rotatable bonds is 10. The molecule has 167 valence electrons. The third-order valence-corrected chi connectivity index (χ3v) is 5.44. The van der Waals surface area contributed by atoms with E-state index in [9.17, 15) is 19.5 Å². The van der Waals surface area contributed by atoms with Crippen LogP contribution in [0.1, 0.15) is 59.6 Å². The van der Waals surface area contributed by atoms with E-state index < -0.39 is 17.9 Å². The number of nitrogens with two attached hydrogens (primary N) is 1.